The molecule has 0 aliphatic rings. The van der Waals surface area contributed by atoms with Crippen LogP contribution in [-0.4, -0.2) is 22.3 Å². The van der Waals surface area contributed by atoms with Crippen LogP contribution in [0.1, 0.15) is 19.5 Å². The summed E-state index contributed by atoms with van der Waals surface area (Å²) in [6, 6.07) is 1.93. The molecule has 0 spiro atoms. The normalized spacial score (nSPS) is 12.1. The molecule has 0 atom stereocenters. The van der Waals surface area contributed by atoms with Gasteiger partial charge < -0.3 is 11.1 Å². The minimum Gasteiger partial charge on any atom is -0.370 e. The Hall–Kier alpha value is -1.52. The highest BCUT2D eigenvalue weighted by Crippen LogP contribution is 1.95. The van der Waals surface area contributed by atoms with E-state index in [0.29, 0.717) is 18.4 Å². The fourth-order valence-electron chi connectivity index (χ4n) is 1.08. The molecule has 0 amide bonds. The molecular formula is C10H19N5. The average Bonchev–Trinajstić information content (AvgIpc) is 2.58. The van der Waals surface area contributed by atoms with Gasteiger partial charge in [0.15, 0.2) is 5.96 Å². The zero-order chi connectivity index (χ0) is 11.3. The van der Waals surface area contributed by atoms with Gasteiger partial charge in [0.25, 0.3) is 0 Å². The summed E-state index contributed by atoms with van der Waals surface area (Å²) in [5, 5.41) is 7.26. The van der Waals surface area contributed by atoms with E-state index in [0.717, 1.165) is 12.2 Å². The summed E-state index contributed by atoms with van der Waals surface area (Å²) in [5.41, 5.74) is 6.60. The predicted molar refractivity (Wildman–Crippen MR) is 61.4 cm³/mol. The van der Waals surface area contributed by atoms with E-state index in [1.54, 1.807) is 4.68 Å². The molecule has 0 aromatic carbocycles. The molecule has 84 valence electrons. The molecule has 3 N–H and O–H groups in total. The van der Waals surface area contributed by atoms with Crippen LogP contribution in [0.25, 0.3) is 0 Å². The number of rotatable bonds is 4. The van der Waals surface area contributed by atoms with Gasteiger partial charge in [-0.15, -0.1) is 0 Å². The lowest BCUT2D eigenvalue weighted by atomic mass is 10.2. The number of guanidine groups is 1. The van der Waals surface area contributed by atoms with Crippen molar-refractivity contribution in [2.75, 3.05) is 6.54 Å². The molecule has 0 saturated heterocycles. The Morgan fingerprint density at radius 2 is 2.40 bits per heavy atom. The smallest absolute Gasteiger partial charge is 0.188 e. The molecule has 5 heteroatoms. The van der Waals surface area contributed by atoms with E-state index in [-0.39, 0.29) is 0 Å². The van der Waals surface area contributed by atoms with Crippen molar-refractivity contribution in [3.8, 4) is 0 Å². The van der Waals surface area contributed by atoms with Crippen LogP contribution in [0.3, 0.4) is 0 Å². The van der Waals surface area contributed by atoms with Gasteiger partial charge in [0, 0.05) is 19.8 Å². The highest BCUT2D eigenvalue weighted by molar-refractivity contribution is 5.77. The van der Waals surface area contributed by atoms with E-state index in [4.69, 9.17) is 5.73 Å². The van der Waals surface area contributed by atoms with Gasteiger partial charge in [-0.3, -0.25) is 4.68 Å². The molecule has 0 unspecified atom stereocenters. The molecule has 1 rings (SSSR count). The van der Waals surface area contributed by atoms with Crippen LogP contribution in [0.5, 0.6) is 0 Å². The Morgan fingerprint density at radius 1 is 1.67 bits per heavy atom. The Morgan fingerprint density at radius 3 is 2.93 bits per heavy atom. The van der Waals surface area contributed by atoms with E-state index in [2.05, 4.69) is 29.3 Å². The summed E-state index contributed by atoms with van der Waals surface area (Å²) in [4.78, 5) is 4.19. The molecule has 1 aromatic heterocycles. The van der Waals surface area contributed by atoms with Gasteiger partial charge in [-0.1, -0.05) is 13.8 Å². The summed E-state index contributed by atoms with van der Waals surface area (Å²) in [6.45, 7) is 5.62. The van der Waals surface area contributed by atoms with Gasteiger partial charge in [-0.25, -0.2) is 4.99 Å². The summed E-state index contributed by atoms with van der Waals surface area (Å²) in [6.07, 6.45) is 1.89. The molecule has 5 nitrogen and oxygen atoms in total. The Bertz CT molecular complexity index is 326. The summed E-state index contributed by atoms with van der Waals surface area (Å²) in [5.74, 6) is 1.04. The number of aromatic nitrogens is 2. The fraction of sp³-hybridized carbons (Fsp3) is 0.600. The average molecular weight is 209 g/mol. The predicted octanol–water partition coefficient (Wildman–Crippen LogP) is 0.480. The number of hydrogen-bond donors (Lipinski definition) is 2. The second-order valence-corrected chi connectivity index (χ2v) is 3.96. The van der Waals surface area contributed by atoms with Crippen LogP contribution in [0.15, 0.2) is 17.3 Å². The number of nitrogens with zero attached hydrogens (tertiary/aromatic N) is 3. The van der Waals surface area contributed by atoms with Crippen molar-refractivity contribution in [1.82, 2.24) is 15.1 Å². The lowest BCUT2D eigenvalue weighted by molar-refractivity contribution is 0.621. The molecule has 1 aromatic rings. The van der Waals surface area contributed by atoms with Crippen LogP contribution in [0, 0.1) is 5.92 Å². The van der Waals surface area contributed by atoms with Crippen LogP contribution >= 0.6 is 0 Å². The molecule has 0 aliphatic carbocycles. The minimum atomic E-state index is 0.481. The van der Waals surface area contributed by atoms with Gasteiger partial charge in [-0.2, -0.15) is 5.10 Å². The van der Waals surface area contributed by atoms with E-state index in [9.17, 15) is 0 Å². The van der Waals surface area contributed by atoms with Gasteiger partial charge in [0.1, 0.15) is 0 Å². The van der Waals surface area contributed by atoms with Crippen LogP contribution in [0.4, 0.5) is 0 Å². The molecule has 0 radical (unpaired) electrons. The second kappa shape index (κ2) is 5.38. The van der Waals surface area contributed by atoms with Gasteiger partial charge in [0.2, 0.25) is 0 Å². The van der Waals surface area contributed by atoms with E-state index >= 15 is 0 Å². The second-order valence-electron chi connectivity index (χ2n) is 3.96. The maximum absolute atomic E-state index is 5.68. The van der Waals surface area contributed by atoms with Crippen molar-refractivity contribution < 1.29 is 0 Å². The molecule has 0 aliphatic heterocycles. The number of aryl methyl sites for hydroxylation is 1. The maximum Gasteiger partial charge on any atom is 0.188 e. The van der Waals surface area contributed by atoms with Gasteiger partial charge >= 0.3 is 0 Å². The van der Waals surface area contributed by atoms with Crippen LogP contribution in [0.2, 0.25) is 0 Å². The third kappa shape index (κ3) is 4.49. The van der Waals surface area contributed by atoms with Crippen molar-refractivity contribution in [2.24, 2.45) is 23.7 Å². The summed E-state index contributed by atoms with van der Waals surface area (Å²) >= 11 is 0. The number of nitrogens with one attached hydrogen (secondary N) is 1. The number of nitrogens with two attached hydrogens (primary N) is 1. The topological polar surface area (TPSA) is 68.2 Å². The quantitative estimate of drug-likeness (QED) is 0.560. The molecule has 1 heterocycles. The minimum absolute atomic E-state index is 0.481. The van der Waals surface area contributed by atoms with Crippen molar-refractivity contribution in [3.05, 3.63) is 18.0 Å². The number of aliphatic imine (C=N–C) groups is 1. The molecule has 0 bridgehead atoms. The Kier molecular flexibility index (Phi) is 4.15. The third-order valence-electron chi connectivity index (χ3n) is 1.87. The summed E-state index contributed by atoms with van der Waals surface area (Å²) in [7, 11) is 1.88. The van der Waals surface area contributed by atoms with Crippen molar-refractivity contribution >= 4 is 5.96 Å². The molecule has 15 heavy (non-hydrogen) atoms. The molecule has 0 fully saturated rings. The van der Waals surface area contributed by atoms with E-state index in [1.165, 1.54) is 0 Å². The first-order valence-electron chi connectivity index (χ1n) is 5.10. The van der Waals surface area contributed by atoms with Gasteiger partial charge in [0.05, 0.1) is 12.2 Å². The standard InChI is InChI=1S/C10H19N5/c1-8(2)6-12-10(11)13-7-9-4-5-15(3)14-9/h4-5,8H,6-7H2,1-3H3,(H3,11,12,13). The van der Waals surface area contributed by atoms with E-state index < -0.39 is 0 Å². The SMILES string of the molecule is CC(C)CNC(N)=NCc1ccn(C)n1. The maximum atomic E-state index is 5.68. The third-order valence-corrected chi connectivity index (χ3v) is 1.87. The zero-order valence-corrected chi connectivity index (χ0v) is 9.57. The summed E-state index contributed by atoms with van der Waals surface area (Å²) < 4.78 is 1.75. The van der Waals surface area contributed by atoms with Crippen molar-refractivity contribution in [1.29, 1.82) is 0 Å². The first-order valence-corrected chi connectivity index (χ1v) is 5.10. The highest BCUT2D eigenvalue weighted by Gasteiger charge is 1.97. The molecular weight excluding hydrogens is 190 g/mol. The van der Waals surface area contributed by atoms with Crippen molar-refractivity contribution in [3.63, 3.8) is 0 Å². The fourth-order valence-corrected chi connectivity index (χ4v) is 1.08. The largest absolute Gasteiger partial charge is 0.370 e. The Balaban J connectivity index is 2.36. The monoisotopic (exact) mass is 209 g/mol. The van der Waals surface area contributed by atoms with Crippen LogP contribution < -0.4 is 11.1 Å². The molecule has 0 saturated carbocycles. The zero-order valence-electron chi connectivity index (χ0n) is 9.57. The van der Waals surface area contributed by atoms with Gasteiger partial charge in [-0.05, 0) is 12.0 Å². The van der Waals surface area contributed by atoms with Crippen molar-refractivity contribution in [2.45, 2.75) is 20.4 Å². The Labute approximate surface area is 90.4 Å². The lowest BCUT2D eigenvalue weighted by Crippen LogP contribution is -2.34. The van der Waals surface area contributed by atoms with Crippen LogP contribution in [-0.2, 0) is 13.6 Å². The lowest BCUT2D eigenvalue weighted by Gasteiger charge is -2.07. The first-order chi connectivity index (χ1) is 7.08. The highest BCUT2D eigenvalue weighted by atomic mass is 15.3. The first kappa shape index (κ1) is 11.6. The number of hydrogen-bond acceptors (Lipinski definition) is 2. The van der Waals surface area contributed by atoms with E-state index in [1.807, 2.05) is 19.3 Å².